The molecule has 0 radical (unpaired) electrons. The highest BCUT2D eigenvalue weighted by Gasteiger charge is 2.16. The topological polar surface area (TPSA) is 90.5 Å². The Hall–Kier alpha value is -2.05. The van der Waals surface area contributed by atoms with Crippen molar-refractivity contribution in [3.63, 3.8) is 0 Å². The Kier molecular flexibility index (Phi) is 4.82. The summed E-state index contributed by atoms with van der Waals surface area (Å²) in [4.78, 5) is 8.34. The van der Waals surface area contributed by atoms with Crippen LogP contribution in [0, 0.1) is 0 Å². The Morgan fingerprint density at radius 2 is 1.86 bits per heavy atom. The van der Waals surface area contributed by atoms with Gasteiger partial charge in [-0.05, 0) is 6.07 Å². The maximum Gasteiger partial charge on any atom is 0.220 e. The van der Waals surface area contributed by atoms with E-state index in [0.717, 1.165) is 0 Å². The molecule has 7 heteroatoms. The summed E-state index contributed by atoms with van der Waals surface area (Å²) in [7, 11) is 2.99. The molecule has 3 N–H and O–H groups in total. The maximum absolute atomic E-state index is 10.3. The van der Waals surface area contributed by atoms with Crippen LogP contribution in [0.25, 0.3) is 0 Å². The van der Waals surface area contributed by atoms with Gasteiger partial charge >= 0.3 is 0 Å². The molecule has 0 amide bonds. The summed E-state index contributed by atoms with van der Waals surface area (Å²) >= 11 is 5.95. The van der Waals surface area contributed by atoms with Crippen LogP contribution < -0.4 is 15.2 Å². The van der Waals surface area contributed by atoms with E-state index in [0.29, 0.717) is 33.9 Å². The fourth-order valence-electron chi connectivity index (χ4n) is 1.88. The van der Waals surface area contributed by atoms with Crippen molar-refractivity contribution in [1.82, 2.24) is 9.97 Å². The van der Waals surface area contributed by atoms with Crippen LogP contribution >= 0.6 is 11.6 Å². The Bertz CT molecular complexity index is 615. The second kappa shape index (κ2) is 6.60. The van der Waals surface area contributed by atoms with Crippen molar-refractivity contribution in [2.24, 2.45) is 0 Å². The number of halogens is 1. The maximum atomic E-state index is 10.3. The third kappa shape index (κ3) is 3.53. The lowest BCUT2D eigenvalue weighted by atomic mass is 10.0. The first-order valence-corrected chi connectivity index (χ1v) is 6.60. The molecule has 2 rings (SSSR count). The average molecular weight is 310 g/mol. The van der Waals surface area contributed by atoms with Crippen molar-refractivity contribution in [2.45, 2.75) is 12.5 Å². The molecule has 1 heterocycles. The molecule has 21 heavy (non-hydrogen) atoms. The van der Waals surface area contributed by atoms with Gasteiger partial charge in [-0.1, -0.05) is 23.7 Å². The van der Waals surface area contributed by atoms with Gasteiger partial charge in [0, 0.05) is 12.0 Å². The fraction of sp³-hybridized carbons (Fsp3) is 0.286. The zero-order chi connectivity index (χ0) is 15.4. The SMILES string of the molecule is COc1cc(OC)nc(CC(O)c2cccc(Cl)c2N)n1. The van der Waals surface area contributed by atoms with Crippen molar-refractivity contribution >= 4 is 17.3 Å². The summed E-state index contributed by atoms with van der Waals surface area (Å²) in [5.74, 6) is 1.12. The molecule has 0 aliphatic rings. The number of nitrogens with two attached hydrogens (primary N) is 1. The molecule has 2 aromatic rings. The molecule has 1 aromatic heterocycles. The van der Waals surface area contributed by atoms with Gasteiger partial charge in [0.1, 0.15) is 5.82 Å². The van der Waals surface area contributed by atoms with Crippen molar-refractivity contribution in [1.29, 1.82) is 0 Å². The number of aliphatic hydroxyl groups is 1. The second-order valence-electron chi connectivity index (χ2n) is 4.33. The number of aromatic nitrogens is 2. The minimum atomic E-state index is -0.875. The molecule has 0 bridgehead atoms. The number of anilines is 1. The minimum Gasteiger partial charge on any atom is -0.481 e. The summed E-state index contributed by atoms with van der Waals surface area (Å²) < 4.78 is 10.1. The van der Waals surface area contributed by atoms with Crippen LogP contribution in [0.5, 0.6) is 11.8 Å². The molecule has 0 fully saturated rings. The number of aliphatic hydroxyl groups excluding tert-OH is 1. The lowest BCUT2D eigenvalue weighted by Crippen LogP contribution is -2.09. The highest BCUT2D eigenvalue weighted by atomic mass is 35.5. The summed E-state index contributed by atoms with van der Waals surface area (Å²) in [6.07, 6.45) is -0.710. The molecule has 6 nitrogen and oxygen atoms in total. The zero-order valence-electron chi connectivity index (χ0n) is 11.7. The molecular weight excluding hydrogens is 294 g/mol. The largest absolute Gasteiger partial charge is 0.481 e. The van der Waals surface area contributed by atoms with Crippen molar-refractivity contribution < 1.29 is 14.6 Å². The molecule has 1 aromatic carbocycles. The minimum absolute atomic E-state index is 0.165. The van der Waals surface area contributed by atoms with E-state index in [4.69, 9.17) is 26.8 Å². The lowest BCUT2D eigenvalue weighted by molar-refractivity contribution is 0.176. The van der Waals surface area contributed by atoms with Crippen molar-refractivity contribution in [3.05, 3.63) is 40.7 Å². The Morgan fingerprint density at radius 3 is 2.43 bits per heavy atom. The number of hydrogen-bond donors (Lipinski definition) is 2. The molecule has 112 valence electrons. The third-order valence-corrected chi connectivity index (χ3v) is 3.29. The van der Waals surface area contributed by atoms with E-state index in [-0.39, 0.29) is 6.42 Å². The summed E-state index contributed by atoms with van der Waals surface area (Å²) in [5.41, 5.74) is 6.75. The van der Waals surface area contributed by atoms with Crippen LogP contribution in [-0.2, 0) is 6.42 Å². The number of nitrogen functional groups attached to an aromatic ring is 1. The molecule has 0 spiro atoms. The molecular formula is C14H16ClN3O3. The third-order valence-electron chi connectivity index (χ3n) is 2.97. The van der Waals surface area contributed by atoms with Crippen molar-refractivity contribution in [2.75, 3.05) is 20.0 Å². The fourth-order valence-corrected chi connectivity index (χ4v) is 2.06. The molecule has 0 saturated carbocycles. The number of para-hydroxylation sites is 1. The van der Waals surface area contributed by atoms with Gasteiger partial charge in [0.15, 0.2) is 0 Å². The van der Waals surface area contributed by atoms with Gasteiger partial charge in [-0.3, -0.25) is 0 Å². The van der Waals surface area contributed by atoms with Gasteiger partial charge in [0.25, 0.3) is 0 Å². The van der Waals surface area contributed by atoms with E-state index in [1.165, 1.54) is 14.2 Å². The average Bonchev–Trinajstić information content (AvgIpc) is 2.49. The second-order valence-corrected chi connectivity index (χ2v) is 4.74. The molecule has 0 aliphatic carbocycles. The van der Waals surface area contributed by atoms with E-state index in [1.807, 2.05) is 0 Å². The summed E-state index contributed by atoms with van der Waals surface area (Å²) in [6, 6.07) is 6.66. The number of ether oxygens (including phenoxy) is 2. The smallest absolute Gasteiger partial charge is 0.220 e. The molecule has 1 atom stereocenters. The predicted molar refractivity (Wildman–Crippen MR) is 79.7 cm³/mol. The van der Waals surface area contributed by atoms with Gasteiger partial charge < -0.3 is 20.3 Å². The number of hydrogen-bond acceptors (Lipinski definition) is 6. The Morgan fingerprint density at radius 1 is 1.24 bits per heavy atom. The first kappa shape index (κ1) is 15.3. The number of methoxy groups -OCH3 is 2. The number of benzene rings is 1. The summed E-state index contributed by atoms with van der Waals surface area (Å²) in [6.45, 7) is 0. The standard InChI is InChI=1S/C14H16ClN3O3/c1-20-12-7-13(21-2)18-11(17-12)6-10(19)8-4-3-5-9(15)14(8)16/h3-5,7,10,19H,6,16H2,1-2H3. The van der Waals surface area contributed by atoms with Crippen LogP contribution in [0.15, 0.2) is 24.3 Å². The van der Waals surface area contributed by atoms with Crippen LogP contribution in [0.4, 0.5) is 5.69 Å². The van der Waals surface area contributed by atoms with Gasteiger partial charge in [0.05, 0.1) is 37.1 Å². The highest BCUT2D eigenvalue weighted by Crippen LogP contribution is 2.29. The van der Waals surface area contributed by atoms with Gasteiger partial charge in [-0.15, -0.1) is 0 Å². The normalized spacial score (nSPS) is 12.0. The number of nitrogens with zero attached hydrogens (tertiary/aromatic N) is 2. The van der Waals surface area contributed by atoms with Crippen LogP contribution in [0.1, 0.15) is 17.5 Å². The summed E-state index contributed by atoms with van der Waals surface area (Å²) in [5, 5.41) is 10.7. The molecule has 1 unspecified atom stereocenters. The van der Waals surface area contributed by atoms with E-state index >= 15 is 0 Å². The van der Waals surface area contributed by atoms with Crippen molar-refractivity contribution in [3.8, 4) is 11.8 Å². The first-order valence-electron chi connectivity index (χ1n) is 6.23. The van der Waals surface area contributed by atoms with E-state index in [2.05, 4.69) is 9.97 Å². The zero-order valence-corrected chi connectivity index (χ0v) is 12.5. The van der Waals surface area contributed by atoms with Gasteiger partial charge in [-0.25, -0.2) is 0 Å². The quantitative estimate of drug-likeness (QED) is 0.821. The lowest BCUT2D eigenvalue weighted by Gasteiger charge is -2.14. The molecule has 0 saturated heterocycles. The van der Waals surface area contributed by atoms with E-state index in [9.17, 15) is 5.11 Å². The van der Waals surface area contributed by atoms with Crippen LogP contribution in [-0.4, -0.2) is 29.3 Å². The van der Waals surface area contributed by atoms with E-state index < -0.39 is 6.10 Å². The first-order chi connectivity index (χ1) is 10.0. The number of rotatable bonds is 5. The Balaban J connectivity index is 2.26. The Labute approximate surface area is 127 Å². The highest BCUT2D eigenvalue weighted by molar-refractivity contribution is 6.33. The van der Waals surface area contributed by atoms with Gasteiger partial charge in [-0.2, -0.15) is 9.97 Å². The van der Waals surface area contributed by atoms with E-state index in [1.54, 1.807) is 24.3 Å². The van der Waals surface area contributed by atoms with Crippen LogP contribution in [0.2, 0.25) is 5.02 Å². The van der Waals surface area contributed by atoms with Gasteiger partial charge in [0.2, 0.25) is 11.8 Å². The molecule has 0 aliphatic heterocycles. The monoisotopic (exact) mass is 309 g/mol. The predicted octanol–water partition coefficient (Wildman–Crippen LogP) is 2.01. The van der Waals surface area contributed by atoms with Crippen LogP contribution in [0.3, 0.4) is 0 Å².